The van der Waals surface area contributed by atoms with Crippen molar-refractivity contribution in [2.45, 2.75) is 26.7 Å². The Balaban J connectivity index is 2.77. The molecule has 1 aromatic rings. The third-order valence-electron chi connectivity index (χ3n) is 2.33. The number of benzene rings is 1. The normalized spacial score (nSPS) is 10.0. The van der Waals surface area contributed by atoms with Crippen molar-refractivity contribution in [3.05, 3.63) is 34.9 Å². The van der Waals surface area contributed by atoms with Gasteiger partial charge in [-0.1, -0.05) is 18.2 Å². The number of aliphatic carboxylic acids is 1. The van der Waals surface area contributed by atoms with Gasteiger partial charge in [0, 0.05) is 6.42 Å². The van der Waals surface area contributed by atoms with Crippen molar-refractivity contribution in [2.75, 3.05) is 0 Å². The van der Waals surface area contributed by atoms with Gasteiger partial charge in [-0.05, 0) is 37.0 Å². The van der Waals surface area contributed by atoms with E-state index in [1.54, 1.807) is 0 Å². The highest BCUT2D eigenvalue weighted by Crippen LogP contribution is 2.14. The lowest BCUT2D eigenvalue weighted by Crippen LogP contribution is -1.99. The highest BCUT2D eigenvalue weighted by atomic mass is 16.4. The highest BCUT2D eigenvalue weighted by Gasteiger charge is 2.02. The van der Waals surface area contributed by atoms with E-state index in [-0.39, 0.29) is 6.42 Å². The minimum absolute atomic E-state index is 0.213. The van der Waals surface area contributed by atoms with Crippen LogP contribution in [0.4, 0.5) is 0 Å². The first-order valence-electron chi connectivity index (χ1n) is 4.38. The summed E-state index contributed by atoms with van der Waals surface area (Å²) in [7, 11) is 0. The maximum Gasteiger partial charge on any atom is 0.303 e. The Bertz CT molecular complexity index is 316. The van der Waals surface area contributed by atoms with Gasteiger partial charge in [-0.25, -0.2) is 0 Å². The summed E-state index contributed by atoms with van der Waals surface area (Å²) in [6, 6.07) is 6.00. The molecule has 13 heavy (non-hydrogen) atoms. The van der Waals surface area contributed by atoms with Gasteiger partial charge in [0.05, 0.1) is 0 Å². The van der Waals surface area contributed by atoms with E-state index in [4.69, 9.17) is 5.11 Å². The number of hydrogen-bond acceptors (Lipinski definition) is 1. The third kappa shape index (κ3) is 2.58. The molecule has 0 saturated heterocycles. The van der Waals surface area contributed by atoms with Crippen LogP contribution < -0.4 is 0 Å². The molecule has 1 N–H and O–H groups in total. The molecular weight excluding hydrogens is 164 g/mol. The van der Waals surface area contributed by atoms with Crippen molar-refractivity contribution in [1.29, 1.82) is 0 Å². The van der Waals surface area contributed by atoms with E-state index in [2.05, 4.69) is 0 Å². The number of carboxylic acids is 1. The minimum atomic E-state index is -0.735. The first-order valence-corrected chi connectivity index (χ1v) is 4.38. The fraction of sp³-hybridized carbons (Fsp3) is 0.364. The summed E-state index contributed by atoms with van der Waals surface area (Å²) in [4.78, 5) is 10.4. The lowest BCUT2D eigenvalue weighted by atomic mass is 10.00. The maximum absolute atomic E-state index is 10.4. The predicted molar refractivity (Wildman–Crippen MR) is 51.9 cm³/mol. The molecule has 0 fully saturated rings. The standard InChI is InChI=1S/C11H14O2/c1-8-4-3-5-10(9(8)2)6-7-11(12)13/h3-5H,6-7H2,1-2H3,(H,12,13). The molecule has 0 saturated carbocycles. The van der Waals surface area contributed by atoms with Crippen LogP contribution in [0.1, 0.15) is 23.1 Å². The van der Waals surface area contributed by atoms with Crippen molar-refractivity contribution in [1.82, 2.24) is 0 Å². The molecule has 2 heteroatoms. The van der Waals surface area contributed by atoms with Crippen LogP contribution >= 0.6 is 0 Å². The number of hydrogen-bond donors (Lipinski definition) is 1. The third-order valence-corrected chi connectivity index (χ3v) is 2.33. The summed E-state index contributed by atoms with van der Waals surface area (Å²) >= 11 is 0. The molecule has 0 atom stereocenters. The molecule has 0 aromatic heterocycles. The molecule has 2 nitrogen and oxygen atoms in total. The number of carboxylic acid groups (broad SMARTS) is 1. The van der Waals surface area contributed by atoms with Gasteiger partial charge in [-0.3, -0.25) is 4.79 Å². The summed E-state index contributed by atoms with van der Waals surface area (Å²) in [6.07, 6.45) is 0.840. The number of aryl methyl sites for hydroxylation is 2. The Hall–Kier alpha value is -1.31. The molecule has 0 unspecified atom stereocenters. The first-order chi connectivity index (χ1) is 6.11. The van der Waals surface area contributed by atoms with Crippen LogP contribution in [0, 0.1) is 13.8 Å². The molecule has 0 aliphatic heterocycles. The van der Waals surface area contributed by atoms with E-state index >= 15 is 0 Å². The summed E-state index contributed by atoms with van der Waals surface area (Å²) in [5.74, 6) is -0.735. The van der Waals surface area contributed by atoms with Crippen LogP contribution in [0.15, 0.2) is 18.2 Å². The van der Waals surface area contributed by atoms with Crippen molar-refractivity contribution in [2.24, 2.45) is 0 Å². The van der Waals surface area contributed by atoms with E-state index < -0.39 is 5.97 Å². The molecule has 1 rings (SSSR count). The zero-order chi connectivity index (χ0) is 9.84. The van der Waals surface area contributed by atoms with E-state index in [1.165, 1.54) is 11.1 Å². The van der Waals surface area contributed by atoms with E-state index in [0.717, 1.165) is 5.56 Å². The van der Waals surface area contributed by atoms with Gasteiger partial charge in [-0.2, -0.15) is 0 Å². The van der Waals surface area contributed by atoms with Crippen molar-refractivity contribution in [3.63, 3.8) is 0 Å². The van der Waals surface area contributed by atoms with Crippen molar-refractivity contribution < 1.29 is 9.90 Å². The number of rotatable bonds is 3. The summed E-state index contributed by atoms with van der Waals surface area (Å²) in [6.45, 7) is 4.08. The van der Waals surface area contributed by atoms with Gasteiger partial charge in [0.15, 0.2) is 0 Å². The predicted octanol–water partition coefficient (Wildman–Crippen LogP) is 2.32. The average Bonchev–Trinajstić information content (AvgIpc) is 2.07. The number of carbonyl (C=O) groups is 1. The highest BCUT2D eigenvalue weighted by molar-refractivity contribution is 5.67. The van der Waals surface area contributed by atoms with Crippen molar-refractivity contribution >= 4 is 5.97 Å². The molecular formula is C11H14O2. The second-order valence-corrected chi connectivity index (χ2v) is 3.25. The summed E-state index contributed by atoms with van der Waals surface area (Å²) in [5.41, 5.74) is 3.58. The molecule has 70 valence electrons. The van der Waals surface area contributed by atoms with Gasteiger partial charge in [-0.15, -0.1) is 0 Å². The Labute approximate surface area is 78.2 Å². The van der Waals surface area contributed by atoms with Crippen LogP contribution in [0.3, 0.4) is 0 Å². The van der Waals surface area contributed by atoms with Gasteiger partial charge < -0.3 is 5.11 Å². The largest absolute Gasteiger partial charge is 0.481 e. The zero-order valence-electron chi connectivity index (χ0n) is 8.00. The Morgan fingerprint density at radius 3 is 2.69 bits per heavy atom. The second-order valence-electron chi connectivity index (χ2n) is 3.25. The first kappa shape index (κ1) is 9.78. The lowest BCUT2D eigenvalue weighted by molar-refractivity contribution is -0.136. The van der Waals surface area contributed by atoms with Gasteiger partial charge in [0.2, 0.25) is 0 Å². The van der Waals surface area contributed by atoms with E-state index in [1.807, 2.05) is 32.0 Å². The molecule has 1 aromatic carbocycles. The van der Waals surface area contributed by atoms with Crippen LogP contribution in [-0.4, -0.2) is 11.1 Å². The van der Waals surface area contributed by atoms with Gasteiger partial charge in [0.25, 0.3) is 0 Å². The SMILES string of the molecule is Cc1cccc(CCC(=O)O)c1C. The fourth-order valence-corrected chi connectivity index (χ4v) is 1.32. The molecule has 0 bridgehead atoms. The molecule has 0 heterocycles. The molecule has 0 amide bonds. The fourth-order valence-electron chi connectivity index (χ4n) is 1.32. The monoisotopic (exact) mass is 178 g/mol. The van der Waals surface area contributed by atoms with Gasteiger partial charge in [0.1, 0.15) is 0 Å². The zero-order valence-corrected chi connectivity index (χ0v) is 8.00. The van der Waals surface area contributed by atoms with Crippen LogP contribution in [-0.2, 0) is 11.2 Å². The minimum Gasteiger partial charge on any atom is -0.481 e. The smallest absolute Gasteiger partial charge is 0.303 e. The Morgan fingerprint density at radius 2 is 2.08 bits per heavy atom. The summed E-state index contributed by atoms with van der Waals surface area (Å²) < 4.78 is 0. The molecule has 0 aliphatic carbocycles. The summed E-state index contributed by atoms with van der Waals surface area (Å²) in [5, 5.41) is 8.53. The van der Waals surface area contributed by atoms with Crippen LogP contribution in [0.2, 0.25) is 0 Å². The molecule has 0 spiro atoms. The van der Waals surface area contributed by atoms with Crippen LogP contribution in [0.5, 0.6) is 0 Å². The second kappa shape index (κ2) is 4.08. The quantitative estimate of drug-likeness (QED) is 0.771. The van der Waals surface area contributed by atoms with E-state index in [0.29, 0.717) is 6.42 Å². The topological polar surface area (TPSA) is 37.3 Å². The Kier molecular flexibility index (Phi) is 3.07. The van der Waals surface area contributed by atoms with E-state index in [9.17, 15) is 4.79 Å². The Morgan fingerprint density at radius 1 is 1.38 bits per heavy atom. The van der Waals surface area contributed by atoms with Gasteiger partial charge >= 0.3 is 5.97 Å². The maximum atomic E-state index is 10.4. The lowest BCUT2D eigenvalue weighted by Gasteiger charge is -2.06. The molecule has 0 radical (unpaired) electrons. The average molecular weight is 178 g/mol. The van der Waals surface area contributed by atoms with Crippen LogP contribution in [0.25, 0.3) is 0 Å². The van der Waals surface area contributed by atoms with Crippen molar-refractivity contribution in [3.8, 4) is 0 Å². The molecule has 0 aliphatic rings.